The molecule has 0 amide bonds. The molecule has 0 saturated heterocycles. The lowest BCUT2D eigenvalue weighted by molar-refractivity contribution is 0.0922. The van der Waals surface area contributed by atoms with Crippen molar-refractivity contribution in [2.45, 2.75) is 11.3 Å². The van der Waals surface area contributed by atoms with E-state index >= 15 is 0 Å². The van der Waals surface area contributed by atoms with Gasteiger partial charge in [-0.1, -0.05) is 12.1 Å². The van der Waals surface area contributed by atoms with Gasteiger partial charge in [0.05, 0.1) is 11.3 Å². The number of sulfonamides is 1. The van der Waals surface area contributed by atoms with E-state index in [0.29, 0.717) is 0 Å². The Kier molecular flexibility index (Phi) is 1.99. The second kappa shape index (κ2) is 2.98. The van der Waals surface area contributed by atoms with E-state index in [1.807, 2.05) is 0 Å². The number of hydrogen-bond donors (Lipinski definition) is 1. The first kappa shape index (κ1) is 10.0. The van der Waals surface area contributed by atoms with Gasteiger partial charge in [0.1, 0.15) is 0 Å². The molecule has 5 nitrogen and oxygen atoms in total. The Hall–Kier alpha value is -1.53. The highest BCUT2D eigenvalue weighted by Gasteiger charge is 2.32. The van der Waals surface area contributed by atoms with E-state index in [0.717, 1.165) is 0 Å². The monoisotopic (exact) mass is 225 g/mol. The average molecular weight is 225 g/mol. The summed E-state index contributed by atoms with van der Waals surface area (Å²) in [6.45, 7) is 0. The number of Topliss-reactive ketones (excluding diaryl/α,β-unsaturated/α-hetero) is 2. The van der Waals surface area contributed by atoms with Gasteiger partial charge < -0.3 is 0 Å². The van der Waals surface area contributed by atoms with Crippen LogP contribution in [0.25, 0.3) is 0 Å². The van der Waals surface area contributed by atoms with Crippen molar-refractivity contribution < 1.29 is 18.0 Å². The molecule has 0 heterocycles. The molecule has 0 atom stereocenters. The summed E-state index contributed by atoms with van der Waals surface area (Å²) in [6.07, 6.45) is -0.276. The van der Waals surface area contributed by atoms with Gasteiger partial charge >= 0.3 is 0 Å². The zero-order valence-electron chi connectivity index (χ0n) is 7.56. The van der Waals surface area contributed by atoms with Crippen molar-refractivity contribution in [3.05, 3.63) is 29.3 Å². The molecule has 0 aliphatic heterocycles. The Bertz CT molecular complexity index is 574. The van der Waals surface area contributed by atoms with Crippen LogP contribution in [-0.4, -0.2) is 20.0 Å². The van der Waals surface area contributed by atoms with E-state index in [9.17, 15) is 18.0 Å². The van der Waals surface area contributed by atoms with Crippen LogP contribution in [0.3, 0.4) is 0 Å². The maximum absolute atomic E-state index is 11.4. The van der Waals surface area contributed by atoms with Crippen molar-refractivity contribution in [2.24, 2.45) is 5.14 Å². The predicted molar refractivity (Wildman–Crippen MR) is 51.1 cm³/mol. The van der Waals surface area contributed by atoms with Crippen molar-refractivity contribution in [2.75, 3.05) is 0 Å². The van der Waals surface area contributed by atoms with Gasteiger partial charge in [0.25, 0.3) is 0 Å². The minimum Gasteiger partial charge on any atom is -0.294 e. The smallest absolute Gasteiger partial charge is 0.238 e. The summed E-state index contributed by atoms with van der Waals surface area (Å²) in [7, 11) is -3.96. The van der Waals surface area contributed by atoms with Crippen LogP contribution in [0.2, 0.25) is 0 Å². The van der Waals surface area contributed by atoms with Crippen LogP contribution >= 0.6 is 0 Å². The van der Waals surface area contributed by atoms with Crippen LogP contribution in [0.15, 0.2) is 23.1 Å². The van der Waals surface area contributed by atoms with Gasteiger partial charge in [-0.2, -0.15) is 0 Å². The first-order valence-electron chi connectivity index (χ1n) is 4.13. The molecule has 2 rings (SSSR count). The van der Waals surface area contributed by atoms with E-state index in [-0.39, 0.29) is 28.2 Å². The number of benzene rings is 1. The Labute approximate surface area is 85.9 Å². The van der Waals surface area contributed by atoms with Gasteiger partial charge in [0.15, 0.2) is 11.6 Å². The van der Waals surface area contributed by atoms with E-state index in [1.165, 1.54) is 18.2 Å². The summed E-state index contributed by atoms with van der Waals surface area (Å²) in [5.74, 6) is -0.847. The molecule has 1 aliphatic carbocycles. The number of carbonyl (C=O) groups is 2. The lowest BCUT2D eigenvalue weighted by Gasteiger charge is -2.02. The molecule has 0 radical (unpaired) electrons. The van der Waals surface area contributed by atoms with E-state index < -0.39 is 15.8 Å². The number of fused-ring (bicyclic) bond motifs is 1. The molecule has 1 aliphatic rings. The van der Waals surface area contributed by atoms with E-state index in [4.69, 9.17) is 5.14 Å². The molecule has 1 aromatic rings. The minimum atomic E-state index is -3.96. The summed E-state index contributed by atoms with van der Waals surface area (Å²) in [5, 5.41) is 4.95. The molecule has 0 saturated carbocycles. The van der Waals surface area contributed by atoms with Crippen LogP contribution in [0.5, 0.6) is 0 Å². The van der Waals surface area contributed by atoms with Gasteiger partial charge in [-0.05, 0) is 6.07 Å². The molecule has 15 heavy (non-hydrogen) atoms. The largest absolute Gasteiger partial charge is 0.294 e. The molecule has 6 heteroatoms. The summed E-state index contributed by atoms with van der Waals surface area (Å²) < 4.78 is 22.3. The highest BCUT2D eigenvalue weighted by Crippen LogP contribution is 2.27. The summed E-state index contributed by atoms with van der Waals surface area (Å²) in [4.78, 5) is 22.4. The van der Waals surface area contributed by atoms with Gasteiger partial charge in [-0.3, -0.25) is 9.59 Å². The highest BCUT2D eigenvalue weighted by molar-refractivity contribution is 7.89. The number of primary sulfonamides is 1. The normalized spacial score (nSPS) is 15.5. The number of carbonyl (C=O) groups excluding carboxylic acids is 2. The fourth-order valence-electron chi connectivity index (χ4n) is 1.62. The lowest BCUT2D eigenvalue weighted by atomic mass is 10.1. The predicted octanol–water partition coefficient (Wildman–Crippen LogP) is 0.103. The maximum atomic E-state index is 11.4. The summed E-state index contributed by atoms with van der Waals surface area (Å²) in [5.41, 5.74) is 0.0801. The van der Waals surface area contributed by atoms with Crippen LogP contribution in [-0.2, 0) is 10.0 Å². The zero-order valence-corrected chi connectivity index (χ0v) is 8.37. The standard InChI is InChI=1S/C9H7NO4S/c10-15(13,14)8-3-1-2-5-6(11)4-7(12)9(5)8/h1-3H,4H2,(H2,10,13,14). The number of hydrogen-bond acceptors (Lipinski definition) is 4. The third-order valence-corrected chi connectivity index (χ3v) is 3.19. The molecule has 78 valence electrons. The Morgan fingerprint density at radius 2 is 1.80 bits per heavy atom. The second-order valence-corrected chi connectivity index (χ2v) is 4.78. The first-order valence-corrected chi connectivity index (χ1v) is 5.68. The fraction of sp³-hybridized carbons (Fsp3) is 0.111. The van der Waals surface area contributed by atoms with Crippen molar-refractivity contribution in [1.82, 2.24) is 0 Å². The van der Waals surface area contributed by atoms with Gasteiger partial charge in [-0.15, -0.1) is 0 Å². The molecule has 2 N–H and O–H groups in total. The Morgan fingerprint density at radius 1 is 1.13 bits per heavy atom. The molecule has 0 aromatic heterocycles. The number of rotatable bonds is 1. The lowest BCUT2D eigenvalue weighted by Crippen LogP contribution is -2.15. The molecule has 0 fully saturated rings. The molecule has 0 unspecified atom stereocenters. The van der Waals surface area contributed by atoms with E-state index in [2.05, 4.69) is 0 Å². The highest BCUT2D eigenvalue weighted by atomic mass is 32.2. The van der Waals surface area contributed by atoms with Crippen molar-refractivity contribution in [3.63, 3.8) is 0 Å². The van der Waals surface area contributed by atoms with Crippen LogP contribution in [0.1, 0.15) is 27.1 Å². The van der Waals surface area contributed by atoms with Crippen molar-refractivity contribution in [3.8, 4) is 0 Å². The third kappa shape index (κ3) is 1.47. The maximum Gasteiger partial charge on any atom is 0.238 e. The molecular weight excluding hydrogens is 218 g/mol. The number of ketones is 2. The van der Waals surface area contributed by atoms with Crippen molar-refractivity contribution >= 4 is 21.6 Å². The summed E-state index contributed by atoms with van der Waals surface area (Å²) in [6, 6.07) is 4.05. The Morgan fingerprint density at radius 3 is 2.40 bits per heavy atom. The summed E-state index contributed by atoms with van der Waals surface area (Å²) >= 11 is 0. The fourth-order valence-corrected chi connectivity index (χ4v) is 2.39. The molecule has 0 spiro atoms. The minimum absolute atomic E-state index is 0.0648. The average Bonchev–Trinajstić information content (AvgIpc) is 2.41. The van der Waals surface area contributed by atoms with Gasteiger partial charge in [0.2, 0.25) is 10.0 Å². The molecular formula is C9H7NO4S. The Balaban J connectivity index is 2.83. The van der Waals surface area contributed by atoms with E-state index in [1.54, 1.807) is 0 Å². The first-order chi connectivity index (χ1) is 6.91. The topological polar surface area (TPSA) is 94.3 Å². The van der Waals surface area contributed by atoms with Crippen LogP contribution < -0.4 is 5.14 Å². The third-order valence-electron chi connectivity index (χ3n) is 2.23. The quantitative estimate of drug-likeness (QED) is 0.686. The molecule has 0 bridgehead atoms. The van der Waals surface area contributed by atoms with Gasteiger partial charge in [0, 0.05) is 11.1 Å². The molecule has 1 aromatic carbocycles. The second-order valence-electron chi connectivity index (χ2n) is 3.25. The van der Waals surface area contributed by atoms with Crippen LogP contribution in [0.4, 0.5) is 0 Å². The zero-order chi connectivity index (χ0) is 11.2. The number of nitrogens with two attached hydrogens (primary N) is 1. The van der Waals surface area contributed by atoms with Crippen LogP contribution in [0, 0.1) is 0 Å². The SMILES string of the molecule is NS(=O)(=O)c1cccc2c1C(=O)CC2=O. The van der Waals surface area contributed by atoms with Crippen molar-refractivity contribution in [1.29, 1.82) is 0 Å². The van der Waals surface area contributed by atoms with Gasteiger partial charge in [-0.25, -0.2) is 13.6 Å².